The van der Waals surface area contributed by atoms with E-state index in [9.17, 15) is 25.0 Å². The average Bonchev–Trinajstić information content (AvgIpc) is 3.11. The summed E-state index contributed by atoms with van der Waals surface area (Å²) < 4.78 is 4.93. The van der Waals surface area contributed by atoms with Crippen LogP contribution >= 0.6 is 11.6 Å². The van der Waals surface area contributed by atoms with Gasteiger partial charge in [0.1, 0.15) is 10.6 Å². The van der Waals surface area contributed by atoms with Crippen LogP contribution in [-0.2, 0) is 0 Å². The molecule has 0 atom stereocenters. The van der Waals surface area contributed by atoms with Crippen molar-refractivity contribution in [1.29, 1.82) is 0 Å². The second kappa shape index (κ2) is 7.00. The molecule has 1 saturated heterocycles. The van der Waals surface area contributed by atoms with Gasteiger partial charge in [-0.3, -0.25) is 25.0 Å². The van der Waals surface area contributed by atoms with Gasteiger partial charge in [-0.15, -0.1) is 0 Å². The Hall–Kier alpha value is -3.14. The molecule has 0 aliphatic carbocycles. The predicted octanol–water partition coefficient (Wildman–Crippen LogP) is 2.71. The molecule has 1 amide bonds. The first-order valence-electron chi connectivity index (χ1n) is 7.60. The van der Waals surface area contributed by atoms with Crippen molar-refractivity contribution in [3.05, 3.63) is 61.3 Å². The molecule has 0 bridgehead atoms. The fraction of sp³-hybridized carbons (Fsp3) is 0.267. The van der Waals surface area contributed by atoms with Gasteiger partial charge in [-0.05, 0) is 12.1 Å². The molecule has 0 N–H and O–H groups in total. The molecule has 0 spiro atoms. The van der Waals surface area contributed by atoms with Gasteiger partial charge >= 0.3 is 5.88 Å². The Kier molecular flexibility index (Phi) is 4.76. The molecule has 1 aromatic heterocycles. The molecule has 2 heterocycles. The van der Waals surface area contributed by atoms with Crippen molar-refractivity contribution in [2.45, 2.75) is 0 Å². The van der Waals surface area contributed by atoms with Crippen molar-refractivity contribution in [2.24, 2.45) is 0 Å². The van der Waals surface area contributed by atoms with Crippen LogP contribution in [0.15, 0.2) is 34.7 Å². The van der Waals surface area contributed by atoms with E-state index in [1.54, 1.807) is 11.0 Å². The van der Waals surface area contributed by atoms with Gasteiger partial charge in [-0.1, -0.05) is 17.7 Å². The zero-order chi connectivity index (χ0) is 18.8. The van der Waals surface area contributed by atoms with Crippen LogP contribution in [0.25, 0.3) is 0 Å². The number of hydrogen-bond donors (Lipinski definition) is 0. The van der Waals surface area contributed by atoms with Crippen LogP contribution in [-0.4, -0.2) is 46.8 Å². The van der Waals surface area contributed by atoms with E-state index in [0.717, 1.165) is 6.07 Å². The Bertz CT molecular complexity index is 875. The SMILES string of the molecule is O=C(c1ccc([N+](=O)[O-])o1)N1CCN(c2c(Cl)cccc2[N+](=O)[O-])CC1. The Morgan fingerprint density at radius 2 is 1.73 bits per heavy atom. The highest BCUT2D eigenvalue weighted by Gasteiger charge is 2.29. The van der Waals surface area contributed by atoms with Crippen molar-refractivity contribution in [3.63, 3.8) is 0 Å². The van der Waals surface area contributed by atoms with Gasteiger partial charge in [0.15, 0.2) is 5.76 Å². The molecule has 1 aliphatic heterocycles. The van der Waals surface area contributed by atoms with Gasteiger partial charge in [0.05, 0.1) is 16.0 Å². The van der Waals surface area contributed by atoms with Gasteiger partial charge in [-0.2, -0.15) is 0 Å². The lowest BCUT2D eigenvalue weighted by molar-refractivity contribution is -0.402. The summed E-state index contributed by atoms with van der Waals surface area (Å²) in [5.41, 5.74) is 0.221. The number of nitrogens with zero attached hydrogens (tertiary/aromatic N) is 4. The Labute approximate surface area is 151 Å². The number of halogens is 1. The highest BCUT2D eigenvalue weighted by atomic mass is 35.5. The van der Waals surface area contributed by atoms with Crippen molar-refractivity contribution < 1.29 is 19.1 Å². The average molecular weight is 381 g/mol. The standard InChI is InChI=1S/C15H13ClN4O6/c16-10-2-1-3-11(19(22)23)14(10)17-6-8-18(9-7-17)15(21)12-4-5-13(26-12)20(24)25/h1-5H,6-9H2. The number of nitro groups is 2. The van der Waals surface area contributed by atoms with Crippen LogP contribution in [0, 0.1) is 20.2 Å². The molecule has 0 saturated carbocycles. The second-order valence-electron chi connectivity index (χ2n) is 5.54. The highest BCUT2D eigenvalue weighted by Crippen LogP contribution is 2.36. The van der Waals surface area contributed by atoms with Crippen molar-refractivity contribution in [2.75, 3.05) is 31.1 Å². The van der Waals surface area contributed by atoms with Gasteiger partial charge in [0, 0.05) is 32.2 Å². The molecule has 0 unspecified atom stereocenters. The van der Waals surface area contributed by atoms with E-state index in [4.69, 9.17) is 16.0 Å². The lowest BCUT2D eigenvalue weighted by Gasteiger charge is -2.35. The Morgan fingerprint density at radius 1 is 1.04 bits per heavy atom. The third-order valence-electron chi connectivity index (χ3n) is 4.03. The van der Waals surface area contributed by atoms with Crippen molar-refractivity contribution in [1.82, 2.24) is 4.90 Å². The lowest BCUT2D eigenvalue weighted by Crippen LogP contribution is -2.49. The maximum absolute atomic E-state index is 12.4. The third kappa shape index (κ3) is 3.31. The number of furan rings is 1. The third-order valence-corrected chi connectivity index (χ3v) is 4.33. The lowest BCUT2D eigenvalue weighted by atomic mass is 10.2. The van der Waals surface area contributed by atoms with E-state index in [-0.39, 0.29) is 29.6 Å². The van der Waals surface area contributed by atoms with E-state index in [1.165, 1.54) is 23.1 Å². The van der Waals surface area contributed by atoms with Crippen LogP contribution in [0.3, 0.4) is 0 Å². The fourth-order valence-electron chi connectivity index (χ4n) is 2.79. The van der Waals surface area contributed by atoms with Crippen LogP contribution in [0.2, 0.25) is 5.02 Å². The first kappa shape index (κ1) is 17.7. The van der Waals surface area contributed by atoms with Gasteiger partial charge < -0.3 is 14.2 Å². The molecule has 2 aromatic rings. The molecule has 3 rings (SSSR count). The summed E-state index contributed by atoms with van der Waals surface area (Å²) in [4.78, 5) is 36.2. The fourth-order valence-corrected chi connectivity index (χ4v) is 3.08. The normalized spacial score (nSPS) is 14.3. The van der Waals surface area contributed by atoms with E-state index >= 15 is 0 Å². The number of anilines is 1. The number of carbonyl (C=O) groups excluding carboxylic acids is 1. The molecule has 10 nitrogen and oxygen atoms in total. The molecule has 1 aromatic carbocycles. The number of nitro benzene ring substituents is 1. The molecule has 11 heteroatoms. The van der Waals surface area contributed by atoms with Crippen LogP contribution in [0.4, 0.5) is 17.3 Å². The maximum Gasteiger partial charge on any atom is 0.433 e. The summed E-state index contributed by atoms with van der Waals surface area (Å²) in [5.74, 6) is -1.08. The largest absolute Gasteiger partial charge is 0.433 e. The summed E-state index contributed by atoms with van der Waals surface area (Å²) in [6, 6.07) is 6.83. The summed E-state index contributed by atoms with van der Waals surface area (Å²) in [5, 5.41) is 22.1. The summed E-state index contributed by atoms with van der Waals surface area (Å²) in [7, 11) is 0. The van der Waals surface area contributed by atoms with Crippen LogP contribution in [0.5, 0.6) is 0 Å². The van der Waals surface area contributed by atoms with Gasteiger partial charge in [0.25, 0.3) is 11.6 Å². The molecule has 0 radical (unpaired) electrons. The van der Waals surface area contributed by atoms with E-state index in [2.05, 4.69) is 0 Å². The zero-order valence-corrected chi connectivity index (χ0v) is 14.1. The van der Waals surface area contributed by atoms with E-state index < -0.39 is 21.6 Å². The number of para-hydroxylation sites is 1. The Morgan fingerprint density at radius 3 is 2.31 bits per heavy atom. The number of carbonyl (C=O) groups is 1. The van der Waals surface area contributed by atoms with Gasteiger partial charge in [0.2, 0.25) is 0 Å². The van der Waals surface area contributed by atoms with Crippen molar-refractivity contribution in [3.8, 4) is 0 Å². The minimum absolute atomic E-state index is 0.0982. The number of hydrogen-bond acceptors (Lipinski definition) is 7. The molecular formula is C15H13ClN4O6. The number of piperazine rings is 1. The maximum atomic E-state index is 12.4. The summed E-state index contributed by atoms with van der Waals surface area (Å²) in [6.07, 6.45) is 0. The van der Waals surface area contributed by atoms with Crippen LogP contribution in [0.1, 0.15) is 10.6 Å². The smallest absolute Gasteiger partial charge is 0.395 e. The quantitative estimate of drug-likeness (QED) is 0.590. The van der Waals surface area contributed by atoms with Gasteiger partial charge in [-0.25, -0.2) is 0 Å². The number of amides is 1. The Balaban J connectivity index is 1.72. The minimum atomic E-state index is -0.717. The van der Waals surface area contributed by atoms with E-state index in [0.29, 0.717) is 18.8 Å². The molecular weight excluding hydrogens is 368 g/mol. The first-order valence-corrected chi connectivity index (χ1v) is 7.97. The highest BCUT2D eigenvalue weighted by molar-refractivity contribution is 6.33. The van der Waals surface area contributed by atoms with Crippen LogP contribution < -0.4 is 4.90 Å². The topological polar surface area (TPSA) is 123 Å². The van der Waals surface area contributed by atoms with Crippen molar-refractivity contribution >= 4 is 34.8 Å². The molecule has 136 valence electrons. The summed E-state index contributed by atoms with van der Waals surface area (Å²) >= 11 is 6.13. The zero-order valence-electron chi connectivity index (χ0n) is 13.3. The molecule has 1 aliphatic rings. The van der Waals surface area contributed by atoms with E-state index in [1.807, 2.05) is 0 Å². The minimum Gasteiger partial charge on any atom is -0.395 e. The number of benzene rings is 1. The molecule has 26 heavy (non-hydrogen) atoms. The second-order valence-corrected chi connectivity index (χ2v) is 5.95. The monoisotopic (exact) mass is 380 g/mol. The predicted molar refractivity (Wildman–Crippen MR) is 91.6 cm³/mol. The first-order chi connectivity index (χ1) is 12.4. The summed E-state index contributed by atoms with van der Waals surface area (Å²) in [6.45, 7) is 1.21. The number of rotatable bonds is 4. The molecule has 1 fully saturated rings.